The third-order valence-electron chi connectivity index (χ3n) is 2.46. The van der Waals surface area contributed by atoms with Crippen molar-refractivity contribution in [3.63, 3.8) is 0 Å². The SMILES string of the molecule is [c]1nnccc1-c1nccc2ccccc12. The number of hydrogen-bond acceptors (Lipinski definition) is 3. The Balaban J connectivity index is 2.32. The van der Waals surface area contributed by atoms with E-state index in [-0.39, 0.29) is 0 Å². The van der Waals surface area contributed by atoms with Gasteiger partial charge in [-0.05, 0) is 17.5 Å². The van der Waals surface area contributed by atoms with E-state index < -0.39 is 0 Å². The molecule has 0 saturated heterocycles. The molecule has 0 fully saturated rings. The lowest BCUT2D eigenvalue weighted by molar-refractivity contribution is 1.02. The normalized spacial score (nSPS) is 10.5. The molecule has 0 atom stereocenters. The van der Waals surface area contributed by atoms with Gasteiger partial charge in [-0.25, -0.2) is 0 Å². The second-order valence-corrected chi connectivity index (χ2v) is 3.44. The first-order chi connectivity index (χ1) is 7.95. The Hall–Kier alpha value is -2.29. The fraction of sp³-hybridized carbons (Fsp3) is 0. The summed E-state index contributed by atoms with van der Waals surface area (Å²) in [6.45, 7) is 0. The smallest absolute Gasteiger partial charge is 0.123 e. The van der Waals surface area contributed by atoms with Crippen LogP contribution in [0.15, 0.2) is 48.8 Å². The lowest BCUT2D eigenvalue weighted by Gasteiger charge is -2.03. The van der Waals surface area contributed by atoms with Crippen LogP contribution in [0.25, 0.3) is 22.0 Å². The summed E-state index contributed by atoms with van der Waals surface area (Å²) in [5.74, 6) is 0. The Morgan fingerprint density at radius 1 is 0.938 bits per heavy atom. The molecule has 75 valence electrons. The first-order valence-corrected chi connectivity index (χ1v) is 4.98. The number of nitrogens with zero attached hydrogens (tertiary/aromatic N) is 3. The monoisotopic (exact) mass is 206 g/mol. The highest BCUT2D eigenvalue weighted by atomic mass is 15.1. The first kappa shape index (κ1) is 8.97. The van der Waals surface area contributed by atoms with Crippen molar-refractivity contribution in [3.8, 4) is 11.3 Å². The van der Waals surface area contributed by atoms with Crippen LogP contribution in [0.4, 0.5) is 0 Å². The Labute approximate surface area is 92.8 Å². The fourth-order valence-electron chi connectivity index (χ4n) is 1.73. The number of rotatable bonds is 1. The predicted molar refractivity (Wildman–Crippen MR) is 61.6 cm³/mol. The van der Waals surface area contributed by atoms with Gasteiger partial charge in [0.25, 0.3) is 0 Å². The quantitative estimate of drug-likeness (QED) is 0.614. The Morgan fingerprint density at radius 2 is 1.88 bits per heavy atom. The Kier molecular flexibility index (Phi) is 2.07. The molecule has 2 heterocycles. The van der Waals surface area contributed by atoms with Gasteiger partial charge in [0.1, 0.15) is 6.20 Å². The van der Waals surface area contributed by atoms with Crippen molar-refractivity contribution in [1.82, 2.24) is 15.2 Å². The summed E-state index contributed by atoms with van der Waals surface area (Å²) in [6.07, 6.45) is 6.30. The zero-order valence-corrected chi connectivity index (χ0v) is 8.46. The third kappa shape index (κ3) is 1.42. The van der Waals surface area contributed by atoms with Crippen LogP contribution >= 0.6 is 0 Å². The average Bonchev–Trinajstić information content (AvgIpc) is 2.39. The van der Waals surface area contributed by atoms with Gasteiger partial charge in [0.2, 0.25) is 0 Å². The van der Waals surface area contributed by atoms with Crippen molar-refractivity contribution in [1.29, 1.82) is 0 Å². The predicted octanol–water partition coefficient (Wildman–Crippen LogP) is 2.49. The van der Waals surface area contributed by atoms with E-state index in [4.69, 9.17) is 0 Å². The van der Waals surface area contributed by atoms with Crippen molar-refractivity contribution in [2.75, 3.05) is 0 Å². The number of hydrogen-bond donors (Lipinski definition) is 0. The summed E-state index contributed by atoms with van der Waals surface area (Å²) in [5, 5.41) is 9.74. The molecule has 3 heteroatoms. The largest absolute Gasteiger partial charge is 0.256 e. The second-order valence-electron chi connectivity index (χ2n) is 3.44. The number of fused-ring (bicyclic) bond motifs is 1. The lowest BCUT2D eigenvalue weighted by atomic mass is 10.1. The van der Waals surface area contributed by atoms with Crippen LogP contribution < -0.4 is 0 Å². The zero-order valence-electron chi connectivity index (χ0n) is 8.46. The minimum Gasteiger partial charge on any atom is -0.256 e. The molecule has 0 aliphatic carbocycles. The Bertz CT molecular complexity index is 615. The van der Waals surface area contributed by atoms with Gasteiger partial charge < -0.3 is 0 Å². The molecule has 0 aliphatic heterocycles. The van der Waals surface area contributed by atoms with Gasteiger partial charge in [-0.2, -0.15) is 5.10 Å². The molecule has 3 nitrogen and oxygen atoms in total. The first-order valence-electron chi connectivity index (χ1n) is 4.98. The molecule has 16 heavy (non-hydrogen) atoms. The van der Waals surface area contributed by atoms with E-state index in [0.29, 0.717) is 0 Å². The third-order valence-corrected chi connectivity index (χ3v) is 2.46. The van der Waals surface area contributed by atoms with E-state index in [1.807, 2.05) is 30.3 Å². The van der Waals surface area contributed by atoms with Crippen molar-refractivity contribution < 1.29 is 0 Å². The van der Waals surface area contributed by atoms with Crippen LogP contribution in [-0.2, 0) is 0 Å². The second kappa shape index (κ2) is 3.70. The van der Waals surface area contributed by atoms with Gasteiger partial charge in [0, 0.05) is 17.1 Å². The molecule has 0 N–H and O–H groups in total. The van der Waals surface area contributed by atoms with E-state index in [1.54, 1.807) is 12.4 Å². The minimum atomic E-state index is 0.867. The van der Waals surface area contributed by atoms with Gasteiger partial charge in [0.05, 0.1) is 11.9 Å². The molecule has 0 spiro atoms. The molecular weight excluding hydrogens is 198 g/mol. The van der Waals surface area contributed by atoms with Crippen LogP contribution in [0.1, 0.15) is 0 Å². The lowest BCUT2D eigenvalue weighted by Crippen LogP contribution is -1.88. The van der Waals surface area contributed by atoms with Crippen LogP contribution in [0.2, 0.25) is 0 Å². The highest BCUT2D eigenvalue weighted by Gasteiger charge is 2.04. The summed E-state index contributed by atoms with van der Waals surface area (Å²) in [6, 6.07) is 12.0. The molecule has 0 amide bonds. The average molecular weight is 206 g/mol. The van der Waals surface area contributed by atoms with Gasteiger partial charge in [0.15, 0.2) is 0 Å². The van der Waals surface area contributed by atoms with E-state index >= 15 is 0 Å². The van der Waals surface area contributed by atoms with Crippen LogP contribution in [-0.4, -0.2) is 15.2 Å². The summed E-state index contributed by atoms with van der Waals surface area (Å²) in [5.41, 5.74) is 1.76. The summed E-state index contributed by atoms with van der Waals surface area (Å²) >= 11 is 0. The Morgan fingerprint density at radius 3 is 2.75 bits per heavy atom. The molecule has 1 aromatic carbocycles. The molecule has 0 aliphatic rings. The maximum Gasteiger partial charge on any atom is 0.123 e. The van der Waals surface area contributed by atoms with E-state index in [1.165, 1.54) is 0 Å². The molecule has 3 rings (SSSR count). The van der Waals surface area contributed by atoms with E-state index in [2.05, 4.69) is 27.4 Å². The maximum atomic E-state index is 4.38. The number of benzene rings is 1. The van der Waals surface area contributed by atoms with Crippen molar-refractivity contribution in [2.45, 2.75) is 0 Å². The zero-order chi connectivity index (χ0) is 10.8. The molecule has 0 unspecified atom stereocenters. The van der Waals surface area contributed by atoms with Crippen molar-refractivity contribution >= 4 is 10.8 Å². The van der Waals surface area contributed by atoms with Gasteiger partial charge >= 0.3 is 0 Å². The molecule has 0 bridgehead atoms. The molecule has 1 radical (unpaired) electrons. The fourth-order valence-corrected chi connectivity index (χ4v) is 1.73. The van der Waals surface area contributed by atoms with Crippen LogP contribution in [0.5, 0.6) is 0 Å². The summed E-state index contributed by atoms with van der Waals surface area (Å²) < 4.78 is 0. The highest BCUT2D eigenvalue weighted by molar-refractivity contribution is 5.93. The van der Waals surface area contributed by atoms with E-state index in [9.17, 15) is 0 Å². The topological polar surface area (TPSA) is 38.7 Å². The maximum absolute atomic E-state index is 4.38. The number of aromatic nitrogens is 3. The molecule has 0 saturated carbocycles. The van der Waals surface area contributed by atoms with Crippen molar-refractivity contribution in [2.24, 2.45) is 0 Å². The van der Waals surface area contributed by atoms with Gasteiger partial charge in [-0.3, -0.25) is 4.98 Å². The standard InChI is InChI=1S/C13H8N3/c1-2-4-12-10(3-1)5-7-14-13(12)11-6-8-15-16-9-11/h1-8H. The molecule has 3 aromatic rings. The van der Waals surface area contributed by atoms with Crippen LogP contribution in [0, 0.1) is 6.20 Å². The van der Waals surface area contributed by atoms with Crippen LogP contribution in [0.3, 0.4) is 0 Å². The van der Waals surface area contributed by atoms with Gasteiger partial charge in [-0.15, -0.1) is 5.10 Å². The van der Waals surface area contributed by atoms with Crippen molar-refractivity contribution in [3.05, 3.63) is 55.0 Å². The highest BCUT2D eigenvalue weighted by Crippen LogP contribution is 2.24. The molecular formula is C13H8N3. The van der Waals surface area contributed by atoms with Gasteiger partial charge in [-0.1, -0.05) is 24.3 Å². The molecule has 2 aromatic heterocycles. The van der Waals surface area contributed by atoms with E-state index in [0.717, 1.165) is 22.0 Å². The number of pyridine rings is 1. The minimum absolute atomic E-state index is 0.867. The summed E-state index contributed by atoms with van der Waals surface area (Å²) in [4.78, 5) is 4.38. The summed E-state index contributed by atoms with van der Waals surface area (Å²) in [7, 11) is 0.